The van der Waals surface area contributed by atoms with Gasteiger partial charge in [0.05, 0.1) is 27.7 Å². The van der Waals surface area contributed by atoms with Gasteiger partial charge in [-0.3, -0.25) is 13.8 Å². The summed E-state index contributed by atoms with van der Waals surface area (Å²) in [5, 5.41) is 9.87. The molecule has 2 atom stereocenters. The molecule has 0 rings (SSSR count). The van der Waals surface area contributed by atoms with Crippen LogP contribution in [-0.2, 0) is 23.1 Å². The van der Waals surface area contributed by atoms with Gasteiger partial charge in [-0.2, -0.15) is 0 Å². The molecule has 0 saturated heterocycles. The van der Waals surface area contributed by atoms with Crippen LogP contribution >= 0.6 is 7.82 Å². The van der Waals surface area contributed by atoms with Crippen LogP contribution in [0.15, 0.2) is 12.2 Å². The predicted octanol–water partition coefficient (Wildman–Crippen LogP) is 8.11. The number of phosphoric acid groups is 1. The first-order valence-corrected chi connectivity index (χ1v) is 18.0. The van der Waals surface area contributed by atoms with Crippen molar-refractivity contribution < 1.29 is 37.6 Å². The van der Waals surface area contributed by atoms with E-state index in [2.05, 4.69) is 19.1 Å². The molecule has 0 aliphatic heterocycles. The number of aliphatic hydroxyl groups is 1. The summed E-state index contributed by atoms with van der Waals surface area (Å²) in [5.74, 6) is -0.372. The molecule has 244 valence electrons. The average molecular weight is 607 g/mol. The van der Waals surface area contributed by atoms with Crippen LogP contribution in [0.25, 0.3) is 0 Å². The molecule has 0 spiro atoms. The van der Waals surface area contributed by atoms with E-state index in [1.807, 2.05) is 21.1 Å². The molecule has 0 aliphatic rings. The van der Waals surface area contributed by atoms with Gasteiger partial charge in [-0.1, -0.05) is 109 Å². The van der Waals surface area contributed by atoms with Gasteiger partial charge in [0.25, 0.3) is 0 Å². The van der Waals surface area contributed by atoms with Gasteiger partial charge in [-0.15, -0.1) is 0 Å². The minimum atomic E-state index is -4.24. The van der Waals surface area contributed by atoms with Crippen LogP contribution in [-0.4, -0.2) is 74.1 Å². The molecule has 0 aromatic rings. The van der Waals surface area contributed by atoms with Crippen molar-refractivity contribution in [2.45, 2.75) is 141 Å². The highest BCUT2D eigenvalue weighted by Crippen LogP contribution is 2.43. The molecule has 0 saturated carbocycles. The first-order chi connectivity index (χ1) is 19.6. The molecule has 9 heteroatoms. The third-order valence-electron chi connectivity index (χ3n) is 7.03. The second kappa shape index (κ2) is 26.8. The lowest BCUT2D eigenvalue weighted by molar-refractivity contribution is -0.870. The van der Waals surface area contributed by atoms with Crippen molar-refractivity contribution >= 4 is 13.8 Å². The minimum absolute atomic E-state index is 0.0556. The number of hydrogen-bond donors (Lipinski definition) is 2. The summed E-state index contributed by atoms with van der Waals surface area (Å²) in [4.78, 5) is 21.5. The number of ether oxygens (including phenoxy) is 1. The molecule has 0 bridgehead atoms. The summed E-state index contributed by atoms with van der Waals surface area (Å²) in [6.45, 7) is 2.14. The monoisotopic (exact) mass is 606 g/mol. The van der Waals surface area contributed by atoms with Crippen molar-refractivity contribution in [3.63, 3.8) is 0 Å². The van der Waals surface area contributed by atoms with Crippen molar-refractivity contribution in [2.75, 3.05) is 47.5 Å². The smallest absolute Gasteiger partial charge is 0.463 e. The van der Waals surface area contributed by atoms with Gasteiger partial charge in [-0.05, 0) is 32.1 Å². The van der Waals surface area contributed by atoms with Crippen molar-refractivity contribution in [2.24, 2.45) is 0 Å². The highest BCUT2D eigenvalue weighted by atomic mass is 31.2. The van der Waals surface area contributed by atoms with Gasteiger partial charge >= 0.3 is 13.8 Å². The number of esters is 1. The Morgan fingerprint density at radius 1 is 0.732 bits per heavy atom. The lowest BCUT2D eigenvalue weighted by Crippen LogP contribution is -2.37. The number of quaternary nitrogens is 1. The molecule has 0 aliphatic carbocycles. The summed E-state index contributed by atoms with van der Waals surface area (Å²) < 4.78 is 27.1. The quantitative estimate of drug-likeness (QED) is 0.0280. The van der Waals surface area contributed by atoms with E-state index in [4.69, 9.17) is 13.8 Å². The van der Waals surface area contributed by atoms with Gasteiger partial charge in [0.2, 0.25) is 0 Å². The minimum Gasteiger partial charge on any atom is -0.463 e. The van der Waals surface area contributed by atoms with Crippen LogP contribution in [0.3, 0.4) is 0 Å². The number of rotatable bonds is 30. The summed E-state index contributed by atoms with van der Waals surface area (Å²) in [7, 11) is 1.56. The highest BCUT2D eigenvalue weighted by molar-refractivity contribution is 7.47. The highest BCUT2D eigenvalue weighted by Gasteiger charge is 2.24. The summed E-state index contributed by atoms with van der Waals surface area (Å²) in [6.07, 6.45) is 27.9. The third kappa shape index (κ3) is 32.0. The first kappa shape index (κ1) is 40.2. The Balaban J connectivity index is 3.46. The van der Waals surface area contributed by atoms with Crippen LogP contribution in [0.1, 0.15) is 135 Å². The summed E-state index contributed by atoms with van der Waals surface area (Å²) >= 11 is 0. The van der Waals surface area contributed by atoms with Crippen molar-refractivity contribution in [3.05, 3.63) is 12.2 Å². The zero-order valence-electron chi connectivity index (χ0n) is 27.0. The van der Waals surface area contributed by atoms with Gasteiger partial charge in [-0.25, -0.2) is 4.57 Å². The van der Waals surface area contributed by atoms with E-state index in [0.717, 1.165) is 19.3 Å². The molecule has 41 heavy (non-hydrogen) atoms. The van der Waals surface area contributed by atoms with Crippen LogP contribution < -0.4 is 0 Å². The van der Waals surface area contributed by atoms with Crippen molar-refractivity contribution in [3.8, 4) is 0 Å². The average Bonchev–Trinajstić information content (AvgIpc) is 2.90. The van der Waals surface area contributed by atoms with Crippen LogP contribution in [0.2, 0.25) is 0 Å². The molecule has 0 heterocycles. The molecule has 0 fully saturated rings. The van der Waals surface area contributed by atoms with Crippen LogP contribution in [0.5, 0.6) is 0 Å². The second-order valence-electron chi connectivity index (χ2n) is 12.4. The number of carbonyl (C=O) groups excluding carboxylic acids is 1. The van der Waals surface area contributed by atoms with Gasteiger partial charge in [0.15, 0.2) is 0 Å². The Kier molecular flexibility index (Phi) is 26.3. The summed E-state index contributed by atoms with van der Waals surface area (Å²) in [5.41, 5.74) is 0. The van der Waals surface area contributed by atoms with Crippen molar-refractivity contribution in [1.82, 2.24) is 0 Å². The number of carbonyl (C=O) groups is 1. The Labute approximate surface area is 252 Å². The maximum absolute atomic E-state index is 11.9. The number of nitrogens with zero attached hydrogens (tertiary/aromatic N) is 1. The van der Waals surface area contributed by atoms with E-state index >= 15 is 0 Å². The van der Waals surface area contributed by atoms with E-state index in [1.54, 1.807) is 0 Å². The Hall–Kier alpha value is -0.760. The predicted molar refractivity (Wildman–Crippen MR) is 169 cm³/mol. The molecule has 0 aromatic heterocycles. The fourth-order valence-electron chi connectivity index (χ4n) is 4.36. The number of allylic oxidation sites excluding steroid dienone is 2. The molecule has 0 amide bonds. The SMILES string of the molecule is CCCCCCCC/C=C\CCCCCCCCCCCCCC(=O)OC[C@@H](O)COP(=O)(O)OCC[N+](C)(C)C. The lowest BCUT2D eigenvalue weighted by Gasteiger charge is -2.24. The molecule has 8 nitrogen and oxygen atoms in total. The fraction of sp³-hybridized carbons (Fsp3) is 0.906. The largest absolute Gasteiger partial charge is 0.472 e. The number of unbranched alkanes of at least 4 members (excludes halogenated alkanes) is 17. The molecule has 1 unspecified atom stereocenters. The maximum Gasteiger partial charge on any atom is 0.472 e. The first-order valence-electron chi connectivity index (χ1n) is 16.5. The fourth-order valence-corrected chi connectivity index (χ4v) is 5.11. The second-order valence-corrected chi connectivity index (χ2v) is 13.9. The molecular weight excluding hydrogens is 541 g/mol. The maximum atomic E-state index is 11.9. The third-order valence-corrected chi connectivity index (χ3v) is 8.01. The molecular formula is C32H65NO7P+. The molecule has 2 N–H and O–H groups in total. The topological polar surface area (TPSA) is 102 Å². The number of aliphatic hydroxyl groups excluding tert-OH is 1. The number of phosphoric ester groups is 1. The molecule has 0 aromatic carbocycles. The van der Waals surface area contributed by atoms with Gasteiger partial charge in [0.1, 0.15) is 25.9 Å². The van der Waals surface area contributed by atoms with E-state index in [0.29, 0.717) is 17.4 Å². The molecule has 0 radical (unpaired) electrons. The van der Waals surface area contributed by atoms with Crippen LogP contribution in [0.4, 0.5) is 0 Å². The summed E-state index contributed by atoms with van der Waals surface area (Å²) in [6, 6.07) is 0. The Morgan fingerprint density at radius 2 is 1.20 bits per heavy atom. The zero-order valence-corrected chi connectivity index (χ0v) is 27.9. The Bertz CT molecular complexity index is 681. The van der Waals surface area contributed by atoms with Gasteiger partial charge in [0, 0.05) is 6.42 Å². The van der Waals surface area contributed by atoms with E-state index in [9.17, 15) is 19.4 Å². The van der Waals surface area contributed by atoms with E-state index in [1.165, 1.54) is 103 Å². The standard InChI is InChI=1S/C32H64NO7P/c1-5-6-7-8-9-10-11-12-13-14-15-16-17-18-19-20-21-22-23-24-25-26-32(35)38-29-31(34)30-40-41(36,37)39-28-27-33(2,3)4/h12-13,31,34H,5-11,14-30H2,1-4H3/p+1/b13-12-/t31-/m1/s1. The number of likely N-dealkylation sites (N-methyl/N-ethyl adjacent to an activating group) is 1. The Morgan fingerprint density at radius 3 is 1.68 bits per heavy atom. The van der Waals surface area contributed by atoms with E-state index in [-0.39, 0.29) is 19.2 Å². The number of hydrogen-bond acceptors (Lipinski definition) is 6. The van der Waals surface area contributed by atoms with Crippen molar-refractivity contribution in [1.29, 1.82) is 0 Å². The van der Waals surface area contributed by atoms with Gasteiger partial charge < -0.3 is 19.2 Å². The van der Waals surface area contributed by atoms with Crippen LogP contribution in [0, 0.1) is 0 Å². The normalized spacial score (nSPS) is 14.4. The lowest BCUT2D eigenvalue weighted by atomic mass is 10.0. The van der Waals surface area contributed by atoms with E-state index < -0.39 is 20.5 Å². The zero-order chi connectivity index (χ0) is 30.7.